The van der Waals surface area contributed by atoms with Gasteiger partial charge < -0.3 is 19.3 Å². The summed E-state index contributed by atoms with van der Waals surface area (Å²) in [6.07, 6.45) is -3.48. The Morgan fingerprint density at radius 2 is 1.60 bits per heavy atom. The summed E-state index contributed by atoms with van der Waals surface area (Å²) >= 11 is 0. The quantitative estimate of drug-likeness (QED) is 0.634. The Morgan fingerprint density at radius 3 is 2.07 bits per heavy atom. The molecule has 0 radical (unpaired) electrons. The first kappa shape index (κ1) is 11.9. The van der Waals surface area contributed by atoms with Gasteiger partial charge in [-0.25, -0.2) is 0 Å². The van der Waals surface area contributed by atoms with Crippen molar-refractivity contribution in [2.75, 3.05) is 0 Å². The molecule has 4 atom stereocenters. The number of esters is 2. The Bertz CT molecular complexity index is 237. The zero-order valence-corrected chi connectivity index (χ0v) is 8.80. The van der Waals surface area contributed by atoms with Crippen molar-refractivity contribution in [2.24, 2.45) is 0 Å². The molecular formula is C9H14O6. The Morgan fingerprint density at radius 1 is 1.13 bits per heavy atom. The van der Waals surface area contributed by atoms with E-state index in [-0.39, 0.29) is 0 Å². The normalized spacial score (nSPS) is 34.9. The monoisotopic (exact) mass is 218 g/mol. The van der Waals surface area contributed by atoms with E-state index in [4.69, 9.17) is 14.2 Å². The second kappa shape index (κ2) is 4.59. The maximum atomic E-state index is 10.8. The standard InChI is InChI=1S/C9H14O6/c1-4-7(14-5(2)10)8(9(12)13-4)15-6(3)11/h4,7-9,12H,1-3H3/t4-,7-,8-,9?/m0/s1. The highest BCUT2D eigenvalue weighted by Crippen LogP contribution is 2.25. The SMILES string of the molecule is CC(=O)O[C@H]1[C@H](C)OC(O)[C@H]1OC(C)=O. The second-order valence-corrected chi connectivity index (χ2v) is 3.38. The number of aliphatic hydroxyl groups is 1. The molecule has 1 fully saturated rings. The summed E-state index contributed by atoms with van der Waals surface area (Å²) in [7, 11) is 0. The molecule has 1 aliphatic rings. The van der Waals surface area contributed by atoms with Crippen LogP contribution in [0.25, 0.3) is 0 Å². The van der Waals surface area contributed by atoms with Gasteiger partial charge in [-0.3, -0.25) is 9.59 Å². The maximum absolute atomic E-state index is 10.8. The van der Waals surface area contributed by atoms with Crippen LogP contribution in [0.1, 0.15) is 20.8 Å². The van der Waals surface area contributed by atoms with E-state index in [1.54, 1.807) is 6.92 Å². The van der Waals surface area contributed by atoms with Gasteiger partial charge in [0.05, 0.1) is 6.10 Å². The average Bonchev–Trinajstić information content (AvgIpc) is 2.30. The number of rotatable bonds is 2. The summed E-state index contributed by atoms with van der Waals surface area (Å²) in [5.74, 6) is -1.07. The molecule has 1 rings (SSSR count). The largest absolute Gasteiger partial charge is 0.456 e. The lowest BCUT2D eigenvalue weighted by Crippen LogP contribution is -2.39. The third-order valence-corrected chi connectivity index (χ3v) is 2.03. The molecule has 1 aliphatic heterocycles. The molecule has 0 aromatic heterocycles. The van der Waals surface area contributed by atoms with E-state index in [1.165, 1.54) is 13.8 Å². The van der Waals surface area contributed by atoms with Gasteiger partial charge in [-0.1, -0.05) is 0 Å². The molecule has 0 aromatic carbocycles. The van der Waals surface area contributed by atoms with Gasteiger partial charge in [0, 0.05) is 13.8 Å². The van der Waals surface area contributed by atoms with Gasteiger partial charge in [-0.05, 0) is 6.92 Å². The topological polar surface area (TPSA) is 82.1 Å². The smallest absolute Gasteiger partial charge is 0.303 e. The van der Waals surface area contributed by atoms with Crippen molar-refractivity contribution < 1.29 is 28.9 Å². The summed E-state index contributed by atoms with van der Waals surface area (Å²) in [4.78, 5) is 21.5. The summed E-state index contributed by atoms with van der Waals surface area (Å²) in [6.45, 7) is 4.07. The van der Waals surface area contributed by atoms with Gasteiger partial charge in [0.1, 0.15) is 0 Å². The van der Waals surface area contributed by atoms with Crippen LogP contribution in [0, 0.1) is 0 Å². The first-order valence-corrected chi connectivity index (χ1v) is 4.59. The van der Waals surface area contributed by atoms with E-state index in [0.717, 1.165) is 0 Å². The van der Waals surface area contributed by atoms with Crippen LogP contribution in [0.5, 0.6) is 0 Å². The first-order chi connectivity index (χ1) is 6.91. The Balaban J connectivity index is 2.70. The second-order valence-electron chi connectivity index (χ2n) is 3.38. The van der Waals surface area contributed by atoms with Crippen LogP contribution in [0.3, 0.4) is 0 Å². The number of hydrogen-bond donors (Lipinski definition) is 1. The predicted molar refractivity (Wildman–Crippen MR) is 47.7 cm³/mol. The molecule has 15 heavy (non-hydrogen) atoms. The lowest BCUT2D eigenvalue weighted by Gasteiger charge is -2.20. The Kier molecular flexibility index (Phi) is 3.65. The van der Waals surface area contributed by atoms with Crippen molar-refractivity contribution in [1.29, 1.82) is 0 Å². The number of carbonyl (C=O) groups excluding carboxylic acids is 2. The van der Waals surface area contributed by atoms with E-state index in [2.05, 4.69) is 0 Å². The molecular weight excluding hydrogens is 204 g/mol. The Hall–Kier alpha value is -1.14. The summed E-state index contributed by atoms with van der Waals surface area (Å²) < 4.78 is 14.7. The molecule has 6 nitrogen and oxygen atoms in total. The number of carbonyl (C=O) groups is 2. The third-order valence-electron chi connectivity index (χ3n) is 2.03. The van der Waals surface area contributed by atoms with Crippen LogP contribution < -0.4 is 0 Å². The molecule has 86 valence electrons. The molecule has 0 saturated carbocycles. The van der Waals surface area contributed by atoms with E-state index in [0.29, 0.717) is 0 Å². The molecule has 0 aromatic rings. The van der Waals surface area contributed by atoms with Crippen LogP contribution in [-0.2, 0) is 23.8 Å². The summed E-state index contributed by atoms with van der Waals surface area (Å²) in [5.41, 5.74) is 0. The van der Waals surface area contributed by atoms with Crippen molar-refractivity contribution >= 4 is 11.9 Å². The molecule has 1 unspecified atom stereocenters. The number of aliphatic hydroxyl groups excluding tert-OH is 1. The zero-order valence-electron chi connectivity index (χ0n) is 8.80. The number of hydrogen-bond acceptors (Lipinski definition) is 6. The third kappa shape index (κ3) is 2.90. The van der Waals surface area contributed by atoms with Crippen molar-refractivity contribution in [3.8, 4) is 0 Å². The van der Waals surface area contributed by atoms with Gasteiger partial charge in [0.15, 0.2) is 18.5 Å². The van der Waals surface area contributed by atoms with Crippen molar-refractivity contribution in [3.05, 3.63) is 0 Å². The average molecular weight is 218 g/mol. The minimum absolute atomic E-state index is 0.506. The van der Waals surface area contributed by atoms with Crippen LogP contribution in [0.15, 0.2) is 0 Å². The van der Waals surface area contributed by atoms with Crippen LogP contribution in [-0.4, -0.2) is 41.6 Å². The highest BCUT2D eigenvalue weighted by atomic mass is 16.7. The van der Waals surface area contributed by atoms with Crippen LogP contribution in [0.4, 0.5) is 0 Å². The highest BCUT2D eigenvalue weighted by Gasteiger charge is 2.46. The summed E-state index contributed by atoms with van der Waals surface area (Å²) in [5, 5.41) is 9.40. The predicted octanol–water partition coefficient (Wildman–Crippen LogP) is -0.413. The van der Waals surface area contributed by atoms with Gasteiger partial charge in [-0.2, -0.15) is 0 Å². The molecule has 1 N–H and O–H groups in total. The highest BCUT2D eigenvalue weighted by molar-refractivity contribution is 5.67. The lowest BCUT2D eigenvalue weighted by molar-refractivity contribution is -0.174. The van der Waals surface area contributed by atoms with E-state index in [1.807, 2.05) is 0 Å². The van der Waals surface area contributed by atoms with Gasteiger partial charge >= 0.3 is 11.9 Å². The van der Waals surface area contributed by atoms with E-state index < -0.39 is 36.5 Å². The van der Waals surface area contributed by atoms with Crippen molar-refractivity contribution in [1.82, 2.24) is 0 Å². The minimum atomic E-state index is -1.26. The van der Waals surface area contributed by atoms with Gasteiger partial charge in [0.25, 0.3) is 0 Å². The molecule has 0 spiro atoms. The minimum Gasteiger partial charge on any atom is -0.456 e. The molecule has 1 saturated heterocycles. The first-order valence-electron chi connectivity index (χ1n) is 4.59. The van der Waals surface area contributed by atoms with E-state index in [9.17, 15) is 14.7 Å². The maximum Gasteiger partial charge on any atom is 0.303 e. The fourth-order valence-electron chi connectivity index (χ4n) is 1.48. The van der Waals surface area contributed by atoms with Crippen LogP contribution in [0.2, 0.25) is 0 Å². The fourth-order valence-corrected chi connectivity index (χ4v) is 1.48. The molecule has 1 heterocycles. The number of ether oxygens (including phenoxy) is 3. The zero-order chi connectivity index (χ0) is 11.6. The lowest BCUT2D eigenvalue weighted by atomic mass is 10.1. The van der Waals surface area contributed by atoms with E-state index >= 15 is 0 Å². The molecule has 0 bridgehead atoms. The molecule has 0 aliphatic carbocycles. The van der Waals surface area contributed by atoms with Crippen molar-refractivity contribution in [2.45, 2.75) is 45.4 Å². The summed E-state index contributed by atoms with van der Waals surface area (Å²) in [6, 6.07) is 0. The molecule has 6 heteroatoms. The molecule has 0 amide bonds. The fraction of sp³-hybridized carbons (Fsp3) is 0.778. The van der Waals surface area contributed by atoms with Gasteiger partial charge in [-0.15, -0.1) is 0 Å². The Labute approximate surface area is 87.1 Å². The van der Waals surface area contributed by atoms with Gasteiger partial charge in [0.2, 0.25) is 0 Å². The van der Waals surface area contributed by atoms with Crippen molar-refractivity contribution in [3.63, 3.8) is 0 Å². The van der Waals surface area contributed by atoms with Crippen LogP contribution >= 0.6 is 0 Å².